The molecule has 0 fully saturated rings. The summed E-state index contributed by atoms with van der Waals surface area (Å²) < 4.78 is 93.3. The molecule has 0 saturated carbocycles. The Hall–Kier alpha value is -2.77. The lowest BCUT2D eigenvalue weighted by atomic mass is 10.3. The lowest BCUT2D eigenvalue weighted by molar-refractivity contribution is -0.107. The molecule has 0 unspecified atom stereocenters. The van der Waals surface area contributed by atoms with Gasteiger partial charge in [-0.05, 0) is 84.8 Å². The summed E-state index contributed by atoms with van der Waals surface area (Å²) in [6.45, 7) is 6.19. The minimum atomic E-state index is -5.09. The van der Waals surface area contributed by atoms with Gasteiger partial charge in [0.25, 0.3) is 10.1 Å². The van der Waals surface area contributed by atoms with E-state index in [0.717, 1.165) is 0 Å². The van der Waals surface area contributed by atoms with E-state index >= 15 is 0 Å². The van der Waals surface area contributed by atoms with Crippen molar-refractivity contribution in [1.82, 2.24) is 0 Å². The number of halogens is 3. The number of hydrogen-bond acceptors (Lipinski definition) is 7. The molecule has 0 N–H and O–H groups in total. The molecule has 0 aromatic heterocycles. The van der Waals surface area contributed by atoms with E-state index in [9.17, 15) is 21.6 Å². The monoisotopic (exact) mass is 602 g/mol. The van der Waals surface area contributed by atoms with Gasteiger partial charge in [-0.1, -0.05) is 18.2 Å². The fourth-order valence-electron chi connectivity index (χ4n) is 3.70. The lowest BCUT2D eigenvalue weighted by Crippen LogP contribution is -2.26. The fraction of sp³-hybridized carbons (Fsp3) is 0.357. The zero-order valence-corrected chi connectivity index (χ0v) is 23.9. The van der Waals surface area contributed by atoms with Gasteiger partial charge >= 0.3 is 6.18 Å². The first-order chi connectivity index (χ1) is 19.1. The molecule has 0 heterocycles. The lowest BCUT2D eigenvalue weighted by Gasteiger charge is -2.39. The average molecular weight is 603 g/mol. The molecular formula is C28H33F3O7S2. The van der Waals surface area contributed by atoms with Crippen LogP contribution in [-0.2, 0) is 23.2 Å². The second kappa shape index (κ2) is 14.7. The van der Waals surface area contributed by atoms with Crippen LogP contribution in [0.2, 0.25) is 0 Å². The van der Waals surface area contributed by atoms with Gasteiger partial charge in [0.15, 0.2) is 5.75 Å². The number of hydrogen-bond donors (Lipinski definition) is 0. The molecule has 0 amide bonds. The van der Waals surface area contributed by atoms with Crippen molar-refractivity contribution >= 4 is 20.4 Å². The highest BCUT2D eigenvalue weighted by Crippen LogP contribution is 2.70. The molecule has 3 aromatic rings. The third-order valence-corrected chi connectivity index (χ3v) is 10.5. The summed E-state index contributed by atoms with van der Waals surface area (Å²) >= 11 is 0. The van der Waals surface area contributed by atoms with E-state index in [-0.39, 0.29) is 0 Å². The van der Waals surface area contributed by atoms with Crippen LogP contribution in [-0.4, -0.2) is 60.0 Å². The Morgan fingerprint density at radius 2 is 1.05 bits per heavy atom. The second-order valence-corrected chi connectivity index (χ2v) is 12.8. The number of rotatable bonds is 16. The van der Waals surface area contributed by atoms with Crippen molar-refractivity contribution in [1.29, 1.82) is 0 Å². The van der Waals surface area contributed by atoms with E-state index < -0.39 is 32.4 Å². The molecule has 220 valence electrons. The van der Waals surface area contributed by atoms with Crippen molar-refractivity contribution in [3.8, 4) is 11.5 Å². The SMILES string of the molecule is CCOCCOc1ccc(S(OS(=O)(=O)CC(F)(F)F)(c2ccccc2)c2ccc(OCCOCC)cc2)cc1. The molecule has 3 rings (SSSR count). The summed E-state index contributed by atoms with van der Waals surface area (Å²) in [5.41, 5.74) is 0. The third-order valence-electron chi connectivity index (χ3n) is 5.33. The van der Waals surface area contributed by atoms with E-state index in [0.29, 0.717) is 65.8 Å². The van der Waals surface area contributed by atoms with Gasteiger partial charge in [-0.2, -0.15) is 21.6 Å². The van der Waals surface area contributed by atoms with Crippen LogP contribution in [0.1, 0.15) is 13.8 Å². The quantitative estimate of drug-likeness (QED) is 0.171. The standard InChI is InChI=1S/C28H33F3O7S2/c1-3-34-18-20-36-23-10-14-26(15-11-23)40(25-8-6-5-7-9-25,38-39(32,33)22-28(29,30)31)27-16-12-24(13-17-27)37-21-19-35-4-2/h5-17H,3-4,18-22H2,1-2H3. The zero-order valence-electron chi connectivity index (χ0n) is 22.3. The van der Waals surface area contributed by atoms with Gasteiger partial charge in [0.1, 0.15) is 24.7 Å². The molecule has 40 heavy (non-hydrogen) atoms. The first kappa shape index (κ1) is 31.8. The molecule has 0 radical (unpaired) electrons. The third kappa shape index (κ3) is 9.13. The molecule has 0 atom stereocenters. The van der Waals surface area contributed by atoms with Gasteiger partial charge in [-0.15, -0.1) is 0 Å². The van der Waals surface area contributed by atoms with Crippen molar-refractivity contribution in [3.05, 3.63) is 78.9 Å². The summed E-state index contributed by atoms with van der Waals surface area (Å²) in [5.74, 6) is -1.15. The van der Waals surface area contributed by atoms with E-state index in [1.165, 1.54) is 0 Å². The molecule has 3 aromatic carbocycles. The Morgan fingerprint density at radius 1 is 0.625 bits per heavy atom. The van der Waals surface area contributed by atoms with Crippen molar-refractivity contribution in [2.45, 2.75) is 34.7 Å². The molecule has 0 bridgehead atoms. The van der Waals surface area contributed by atoms with Crippen LogP contribution < -0.4 is 9.47 Å². The first-order valence-electron chi connectivity index (χ1n) is 12.6. The number of benzene rings is 3. The summed E-state index contributed by atoms with van der Waals surface area (Å²) in [5, 5.41) is 0. The normalized spacial score (nSPS) is 12.7. The van der Waals surface area contributed by atoms with Gasteiger partial charge in [-0.25, -0.2) is 3.63 Å². The largest absolute Gasteiger partial charge is 0.491 e. The van der Waals surface area contributed by atoms with Gasteiger partial charge in [0, 0.05) is 27.9 Å². The van der Waals surface area contributed by atoms with Crippen LogP contribution in [0, 0.1) is 0 Å². The maximum atomic E-state index is 13.3. The molecule has 0 aliphatic rings. The minimum Gasteiger partial charge on any atom is -0.491 e. The van der Waals surface area contributed by atoms with Gasteiger partial charge in [0.2, 0.25) is 0 Å². The van der Waals surface area contributed by atoms with E-state index in [1.54, 1.807) is 78.9 Å². The van der Waals surface area contributed by atoms with Gasteiger partial charge in [-0.3, -0.25) is 0 Å². The van der Waals surface area contributed by atoms with Crippen LogP contribution in [0.25, 0.3) is 0 Å². The first-order valence-corrected chi connectivity index (χ1v) is 15.7. The predicted molar refractivity (Wildman–Crippen MR) is 147 cm³/mol. The molecule has 0 aliphatic heterocycles. The van der Waals surface area contributed by atoms with Crippen LogP contribution in [0.4, 0.5) is 13.2 Å². The van der Waals surface area contributed by atoms with Crippen molar-refractivity contribution in [2.75, 3.05) is 45.4 Å². The highest BCUT2D eigenvalue weighted by molar-refractivity contribution is 8.33. The maximum absolute atomic E-state index is 13.3. The van der Waals surface area contributed by atoms with Gasteiger partial charge in [0.05, 0.1) is 13.2 Å². The van der Waals surface area contributed by atoms with Crippen LogP contribution >= 0.6 is 10.3 Å². The Morgan fingerprint density at radius 3 is 1.45 bits per heavy atom. The number of alkyl halides is 3. The summed E-state index contributed by atoms with van der Waals surface area (Å²) in [6, 6.07) is 21.3. The van der Waals surface area contributed by atoms with Crippen molar-refractivity contribution in [2.24, 2.45) is 0 Å². The van der Waals surface area contributed by atoms with Crippen molar-refractivity contribution < 1.29 is 44.2 Å². The minimum absolute atomic E-state index is 0.297. The molecule has 0 saturated heterocycles. The summed E-state index contributed by atoms with van der Waals surface area (Å²) in [4.78, 5) is 1.13. The molecule has 7 nitrogen and oxygen atoms in total. The van der Waals surface area contributed by atoms with Crippen LogP contribution in [0.5, 0.6) is 11.5 Å². The smallest absolute Gasteiger partial charge is 0.405 e. The highest BCUT2D eigenvalue weighted by Gasteiger charge is 2.43. The van der Waals surface area contributed by atoms with Crippen molar-refractivity contribution in [3.63, 3.8) is 0 Å². The Bertz CT molecular complexity index is 1210. The Balaban J connectivity index is 2.10. The molecule has 0 spiro atoms. The van der Waals surface area contributed by atoms with Crippen LogP contribution in [0.15, 0.2) is 93.5 Å². The predicted octanol–water partition coefficient (Wildman–Crippen LogP) is 6.62. The summed E-state index contributed by atoms with van der Waals surface area (Å²) in [6.07, 6.45) is -4.99. The van der Waals surface area contributed by atoms with Crippen LogP contribution in [0.3, 0.4) is 0 Å². The average Bonchev–Trinajstić information content (AvgIpc) is 2.92. The van der Waals surface area contributed by atoms with E-state index in [4.69, 9.17) is 22.6 Å². The highest BCUT2D eigenvalue weighted by atomic mass is 32.3. The topological polar surface area (TPSA) is 80.3 Å². The number of ether oxygens (including phenoxy) is 4. The maximum Gasteiger partial charge on any atom is 0.405 e. The second-order valence-electron chi connectivity index (χ2n) is 8.29. The molecule has 0 aliphatic carbocycles. The molecular weight excluding hydrogens is 569 g/mol. The Kier molecular flexibility index (Phi) is 11.7. The Labute approximate surface area is 234 Å². The summed E-state index contributed by atoms with van der Waals surface area (Å²) in [7, 11) is -8.29. The van der Waals surface area contributed by atoms with Gasteiger partial charge < -0.3 is 18.9 Å². The van der Waals surface area contributed by atoms with E-state index in [2.05, 4.69) is 0 Å². The molecule has 12 heteroatoms. The zero-order chi connectivity index (χ0) is 29.1. The van der Waals surface area contributed by atoms with E-state index in [1.807, 2.05) is 13.8 Å². The fourth-order valence-corrected chi connectivity index (χ4v) is 8.87.